The van der Waals surface area contributed by atoms with E-state index in [0.717, 1.165) is 9.80 Å². The Morgan fingerprint density at radius 2 is 1.47 bits per heavy atom. The highest BCUT2D eigenvalue weighted by Crippen LogP contribution is 2.28. The predicted molar refractivity (Wildman–Crippen MR) is 241 cm³/mol. The summed E-state index contributed by atoms with van der Waals surface area (Å²) in [4.78, 5) is 128. The van der Waals surface area contributed by atoms with Gasteiger partial charge in [0.1, 0.15) is 60.4 Å². The number of esters is 1. The number of amides is 8. The number of nitrogens with zero attached hydrogens (tertiary/aromatic N) is 2. The molecule has 2 heterocycles. The zero-order chi connectivity index (χ0) is 49.7. The van der Waals surface area contributed by atoms with Crippen molar-refractivity contribution in [2.45, 2.75) is 168 Å². The van der Waals surface area contributed by atoms with E-state index in [1.165, 1.54) is 26.1 Å². The molecule has 3 rings (SSSR count). The molecule has 1 aromatic carbocycles. The fraction of sp³-hybridized carbons (Fsp3) is 0.674. The third-order valence-electron chi connectivity index (χ3n) is 12.4. The van der Waals surface area contributed by atoms with Crippen molar-refractivity contribution in [2.75, 3.05) is 7.05 Å². The minimum Gasteiger partial charge on any atom is -0.508 e. The number of hydrogen-bond donors (Lipinski definition) is 8. The second-order valence-corrected chi connectivity index (χ2v) is 18.4. The monoisotopic (exact) mass is 929 g/mol. The van der Waals surface area contributed by atoms with Gasteiger partial charge in [-0.2, -0.15) is 0 Å². The van der Waals surface area contributed by atoms with Gasteiger partial charge in [-0.1, -0.05) is 80.4 Å². The molecule has 20 heteroatoms. The average Bonchev–Trinajstić information content (AvgIpc) is 3.25. The molecule has 0 aliphatic carbocycles. The number of likely N-dealkylation sites (N-methyl/N-ethyl adjacent to an activating group) is 1. The molecule has 8 amide bonds. The van der Waals surface area contributed by atoms with Gasteiger partial charge in [0.15, 0.2) is 0 Å². The number of aliphatic hydroxyl groups excluding tert-OH is 1. The molecule has 2 bridgehead atoms. The van der Waals surface area contributed by atoms with Gasteiger partial charge in [0.2, 0.25) is 47.3 Å². The summed E-state index contributed by atoms with van der Waals surface area (Å²) < 4.78 is 5.91. The number of phenols is 1. The van der Waals surface area contributed by atoms with E-state index < -0.39 is 126 Å². The number of benzene rings is 1. The number of carbonyl (C=O) groups excluding carboxylic acids is 9. The number of fused-ring (bicyclic) bond motifs is 2. The number of carbonyl (C=O) groups is 9. The van der Waals surface area contributed by atoms with Gasteiger partial charge in [-0.05, 0) is 68.1 Å². The minimum absolute atomic E-state index is 0.0226. The Morgan fingerprint density at radius 3 is 2.03 bits per heavy atom. The molecule has 1 aromatic rings. The largest absolute Gasteiger partial charge is 0.508 e. The summed E-state index contributed by atoms with van der Waals surface area (Å²) in [5, 5.41) is 34.7. The first-order chi connectivity index (χ1) is 30.9. The molecular formula is C46H72N8O12. The first kappa shape index (κ1) is 54.5. The molecular weight excluding hydrogens is 857 g/mol. The van der Waals surface area contributed by atoms with Crippen LogP contribution in [0.2, 0.25) is 0 Å². The van der Waals surface area contributed by atoms with Crippen LogP contribution in [0.15, 0.2) is 24.3 Å². The Labute approximate surface area is 387 Å². The van der Waals surface area contributed by atoms with Gasteiger partial charge in [0.05, 0.1) is 0 Å². The lowest BCUT2D eigenvalue weighted by Gasteiger charge is -2.44. The molecule has 11 atom stereocenters. The third kappa shape index (κ3) is 14.6. The van der Waals surface area contributed by atoms with Crippen molar-refractivity contribution >= 4 is 53.2 Å². The highest BCUT2D eigenvalue weighted by Gasteiger charge is 2.47. The van der Waals surface area contributed by atoms with Gasteiger partial charge in [0, 0.05) is 25.8 Å². The maximum atomic E-state index is 14.9. The fourth-order valence-corrected chi connectivity index (χ4v) is 7.87. The van der Waals surface area contributed by atoms with Gasteiger partial charge >= 0.3 is 5.97 Å². The molecule has 9 N–H and O–H groups in total. The van der Waals surface area contributed by atoms with Crippen LogP contribution in [0, 0.1) is 23.7 Å². The maximum Gasteiger partial charge on any atom is 0.329 e. The molecule has 2 aliphatic heterocycles. The Hall–Kier alpha value is -5.79. The molecule has 2 fully saturated rings. The van der Waals surface area contributed by atoms with Crippen LogP contribution in [0.4, 0.5) is 0 Å². The lowest BCUT2D eigenvalue weighted by atomic mass is 9.91. The van der Waals surface area contributed by atoms with Crippen molar-refractivity contribution in [3.63, 3.8) is 0 Å². The van der Waals surface area contributed by atoms with Gasteiger partial charge in [-0.15, -0.1) is 0 Å². The average molecular weight is 929 g/mol. The molecule has 0 saturated carbocycles. The Kier molecular flexibility index (Phi) is 20.4. The Morgan fingerprint density at radius 1 is 0.848 bits per heavy atom. The Balaban J connectivity index is 2.27. The number of phenolic OH excluding ortho intramolecular Hbond substituents is 1. The summed E-state index contributed by atoms with van der Waals surface area (Å²) >= 11 is 0. The van der Waals surface area contributed by atoms with Crippen LogP contribution in [0.1, 0.15) is 113 Å². The van der Waals surface area contributed by atoms with Crippen LogP contribution >= 0.6 is 0 Å². The summed E-state index contributed by atoms with van der Waals surface area (Å²) in [7, 11) is 1.38. The SMILES string of the molecule is CC[C@H](C)[C@@H]1NC(=O)[C@H](Cc2ccc(O)cc2)N(C)C(=O)[C@H]([C@@H](C)CC)N2C(=O)C(CCC2O)NC(=O)[C@H](CC(C)C)NC(=O)[C@@H](NC(=O)[C@H](CCC(N)=O)NC(=O)C(C)C)[C@@H](C)OC1=O. The second kappa shape index (κ2) is 24.7. The second-order valence-electron chi connectivity index (χ2n) is 18.4. The molecule has 0 radical (unpaired) electrons. The Bertz CT molecular complexity index is 1910. The summed E-state index contributed by atoms with van der Waals surface area (Å²) in [6, 6.07) is -3.79. The number of nitrogens with two attached hydrogens (primary N) is 1. The van der Waals surface area contributed by atoms with Crippen LogP contribution in [0.3, 0.4) is 0 Å². The van der Waals surface area contributed by atoms with Crippen molar-refractivity contribution in [2.24, 2.45) is 29.4 Å². The number of cyclic esters (lactones) is 1. The topological polar surface area (TPSA) is 296 Å². The first-order valence-electron chi connectivity index (χ1n) is 23.0. The van der Waals surface area contributed by atoms with Crippen LogP contribution in [-0.4, -0.2) is 135 Å². The molecule has 2 saturated heterocycles. The van der Waals surface area contributed by atoms with Crippen molar-refractivity contribution in [3.8, 4) is 5.75 Å². The maximum absolute atomic E-state index is 14.9. The van der Waals surface area contributed by atoms with E-state index in [1.54, 1.807) is 67.5 Å². The van der Waals surface area contributed by atoms with Gasteiger partial charge in [-0.3, -0.25) is 38.4 Å². The van der Waals surface area contributed by atoms with E-state index in [0.29, 0.717) is 18.4 Å². The first-order valence-corrected chi connectivity index (χ1v) is 23.0. The van der Waals surface area contributed by atoms with Gasteiger partial charge in [-0.25, -0.2) is 4.79 Å². The van der Waals surface area contributed by atoms with Crippen LogP contribution in [0.25, 0.3) is 0 Å². The number of rotatable bonds is 15. The third-order valence-corrected chi connectivity index (χ3v) is 12.4. The van der Waals surface area contributed by atoms with E-state index in [1.807, 2.05) is 0 Å². The number of hydrogen-bond acceptors (Lipinski definition) is 12. The minimum atomic E-state index is -1.74. The zero-order valence-electron chi connectivity index (χ0n) is 39.9. The molecule has 2 aliphatic rings. The fourth-order valence-electron chi connectivity index (χ4n) is 7.87. The molecule has 20 nitrogen and oxygen atoms in total. The summed E-state index contributed by atoms with van der Waals surface area (Å²) in [6.07, 6.45) is -2.95. The lowest BCUT2D eigenvalue weighted by Crippen LogP contribution is -2.66. The highest BCUT2D eigenvalue weighted by atomic mass is 16.5. The molecule has 66 heavy (non-hydrogen) atoms. The number of primary amides is 1. The summed E-state index contributed by atoms with van der Waals surface area (Å²) in [6.45, 7) is 15.0. The lowest BCUT2D eigenvalue weighted by molar-refractivity contribution is -0.168. The number of piperidine rings is 1. The van der Waals surface area contributed by atoms with Crippen molar-refractivity contribution in [1.82, 2.24) is 36.4 Å². The van der Waals surface area contributed by atoms with E-state index in [9.17, 15) is 53.4 Å². The molecule has 368 valence electrons. The van der Waals surface area contributed by atoms with Crippen molar-refractivity contribution < 1.29 is 58.1 Å². The van der Waals surface area contributed by atoms with Gasteiger partial charge < -0.3 is 57.1 Å². The zero-order valence-corrected chi connectivity index (χ0v) is 39.9. The molecule has 0 spiro atoms. The van der Waals surface area contributed by atoms with E-state index >= 15 is 0 Å². The summed E-state index contributed by atoms with van der Waals surface area (Å²) in [5.74, 6) is -9.27. The quantitative estimate of drug-likeness (QED) is 0.112. The van der Waals surface area contributed by atoms with E-state index in [-0.39, 0.29) is 50.2 Å². The number of ether oxygens (including phenoxy) is 1. The molecule has 2 unspecified atom stereocenters. The standard InChI is InChI=1S/C46H72N8O12/c1-11-25(7)36-46(65)66-27(9)37(52-40(59)30(17-19-34(47)56)48-39(58)24(5)6)43(62)50-32(21-23(3)4)41(60)49-31-18-20-35(57)54(44(31)63)38(26(8)12-2)45(64)53(10)33(42(61)51-36)22-28-13-15-29(55)16-14-28/h13-16,23-27,30-33,35-38,55,57H,11-12,17-22H2,1-10H3,(H2,47,56)(H,48,58)(H,49,60)(H,50,62)(H,51,61)(H,52,59)/t25-,26-,27+,30-,31?,32-,33-,35?,36-,37-,38-/m0/s1. The number of nitrogens with one attached hydrogen (secondary N) is 5. The van der Waals surface area contributed by atoms with Gasteiger partial charge in [0.25, 0.3) is 0 Å². The smallest absolute Gasteiger partial charge is 0.329 e. The number of aromatic hydroxyl groups is 1. The van der Waals surface area contributed by atoms with Crippen LogP contribution in [-0.2, 0) is 54.3 Å². The van der Waals surface area contributed by atoms with Crippen LogP contribution in [0.5, 0.6) is 5.75 Å². The molecule has 0 aromatic heterocycles. The highest BCUT2D eigenvalue weighted by molar-refractivity contribution is 5.98. The normalized spacial score (nSPS) is 26.4. The van der Waals surface area contributed by atoms with E-state index in [2.05, 4.69) is 26.6 Å². The van der Waals surface area contributed by atoms with Crippen molar-refractivity contribution in [1.29, 1.82) is 0 Å². The van der Waals surface area contributed by atoms with Crippen molar-refractivity contribution in [3.05, 3.63) is 29.8 Å². The van der Waals surface area contributed by atoms with Crippen LogP contribution < -0.4 is 32.3 Å². The van der Waals surface area contributed by atoms with E-state index in [4.69, 9.17) is 10.5 Å². The predicted octanol–water partition coefficient (Wildman–Crippen LogP) is 0.500. The summed E-state index contributed by atoms with van der Waals surface area (Å²) in [5.41, 5.74) is 5.90. The number of aliphatic hydroxyl groups is 1.